The molecule has 6 heteroatoms. The van der Waals surface area contributed by atoms with Gasteiger partial charge in [0.1, 0.15) is 18.0 Å². The summed E-state index contributed by atoms with van der Waals surface area (Å²) < 4.78 is 41.6. The van der Waals surface area contributed by atoms with Gasteiger partial charge in [-0.05, 0) is 40.3 Å². The van der Waals surface area contributed by atoms with Crippen molar-refractivity contribution >= 4 is 0 Å². The van der Waals surface area contributed by atoms with Gasteiger partial charge in [-0.25, -0.2) is 4.39 Å². The molecule has 6 rings (SSSR count). The summed E-state index contributed by atoms with van der Waals surface area (Å²) in [6.45, 7) is 3.38. The van der Waals surface area contributed by atoms with E-state index in [4.69, 9.17) is 18.9 Å². The Morgan fingerprint density at radius 3 is 1.52 bits per heavy atom. The van der Waals surface area contributed by atoms with E-state index in [0.717, 1.165) is 22.3 Å². The number of piperidine rings is 1. The van der Waals surface area contributed by atoms with E-state index in [1.807, 2.05) is 84.9 Å². The van der Waals surface area contributed by atoms with Gasteiger partial charge in [0.15, 0.2) is 0 Å². The molecule has 4 atom stereocenters. The van der Waals surface area contributed by atoms with Gasteiger partial charge in [0.05, 0.1) is 45.2 Å². The molecule has 1 fully saturated rings. The SMILES string of the molecule is Fc1ccccc1CCN1C[C@H](OCc2ccccc2)[C@@H](OCc2ccccc2)[C@H](OCc2ccccc2)[C@@H]1COCc1ccccc1. The van der Waals surface area contributed by atoms with Crippen LogP contribution in [-0.4, -0.2) is 49.0 Å². The highest BCUT2D eigenvalue weighted by atomic mass is 19.1. The Bertz CT molecular complexity index is 1620. The van der Waals surface area contributed by atoms with Crippen molar-refractivity contribution in [2.75, 3.05) is 19.7 Å². The van der Waals surface area contributed by atoms with Gasteiger partial charge >= 0.3 is 0 Å². The van der Waals surface area contributed by atoms with Crippen LogP contribution in [0.2, 0.25) is 0 Å². The fraction of sp³-hybridized carbons (Fsp3) is 0.286. The highest BCUT2D eigenvalue weighted by Crippen LogP contribution is 2.30. The zero-order valence-electron chi connectivity index (χ0n) is 27.3. The van der Waals surface area contributed by atoms with Gasteiger partial charge in [-0.15, -0.1) is 0 Å². The largest absolute Gasteiger partial charge is 0.375 e. The molecule has 0 unspecified atom stereocenters. The lowest BCUT2D eigenvalue weighted by Crippen LogP contribution is -2.64. The maximum atomic E-state index is 14.8. The summed E-state index contributed by atoms with van der Waals surface area (Å²) in [7, 11) is 0. The van der Waals surface area contributed by atoms with E-state index in [0.29, 0.717) is 58.1 Å². The van der Waals surface area contributed by atoms with E-state index in [2.05, 4.69) is 53.4 Å². The maximum Gasteiger partial charge on any atom is 0.126 e. The Labute approximate surface area is 283 Å². The van der Waals surface area contributed by atoms with Crippen LogP contribution in [0.5, 0.6) is 0 Å². The number of ether oxygens (including phenoxy) is 4. The average molecular weight is 646 g/mol. The van der Waals surface area contributed by atoms with Gasteiger partial charge in [-0.1, -0.05) is 140 Å². The topological polar surface area (TPSA) is 40.2 Å². The summed E-state index contributed by atoms with van der Waals surface area (Å²) in [6.07, 6.45) is -0.526. The number of hydrogen-bond donors (Lipinski definition) is 0. The molecule has 248 valence electrons. The summed E-state index contributed by atoms with van der Waals surface area (Å²) >= 11 is 0. The highest BCUT2D eigenvalue weighted by molar-refractivity contribution is 5.19. The van der Waals surface area contributed by atoms with E-state index >= 15 is 0 Å². The van der Waals surface area contributed by atoms with Crippen LogP contribution in [-0.2, 0) is 51.8 Å². The van der Waals surface area contributed by atoms with Crippen molar-refractivity contribution in [1.29, 1.82) is 0 Å². The van der Waals surface area contributed by atoms with Gasteiger partial charge in [0.2, 0.25) is 0 Å². The van der Waals surface area contributed by atoms with E-state index in [-0.39, 0.29) is 30.2 Å². The fourth-order valence-corrected chi connectivity index (χ4v) is 6.27. The molecule has 0 amide bonds. The number of hydrogen-bond acceptors (Lipinski definition) is 5. The molecule has 1 aliphatic heterocycles. The number of likely N-dealkylation sites (tertiary alicyclic amines) is 1. The molecule has 0 radical (unpaired) electrons. The number of nitrogens with zero attached hydrogens (tertiary/aromatic N) is 1. The van der Waals surface area contributed by atoms with Crippen LogP contribution in [0, 0.1) is 5.82 Å². The van der Waals surface area contributed by atoms with Gasteiger partial charge in [-0.3, -0.25) is 4.90 Å². The molecule has 1 saturated heterocycles. The van der Waals surface area contributed by atoms with Gasteiger partial charge in [0, 0.05) is 13.1 Å². The Balaban J connectivity index is 1.30. The van der Waals surface area contributed by atoms with E-state index in [1.54, 1.807) is 6.07 Å². The van der Waals surface area contributed by atoms with Crippen LogP contribution in [0.4, 0.5) is 4.39 Å². The quantitative estimate of drug-likeness (QED) is 0.109. The van der Waals surface area contributed by atoms with Crippen molar-refractivity contribution in [1.82, 2.24) is 4.90 Å². The van der Waals surface area contributed by atoms with Crippen LogP contribution >= 0.6 is 0 Å². The first-order valence-electron chi connectivity index (χ1n) is 16.8. The Kier molecular flexibility index (Phi) is 12.5. The van der Waals surface area contributed by atoms with Crippen molar-refractivity contribution in [3.05, 3.63) is 179 Å². The second kappa shape index (κ2) is 17.8. The first kappa shape index (κ1) is 33.7. The van der Waals surface area contributed by atoms with Crippen molar-refractivity contribution in [2.45, 2.75) is 57.2 Å². The lowest BCUT2D eigenvalue weighted by molar-refractivity contribution is -0.210. The molecule has 5 aromatic carbocycles. The van der Waals surface area contributed by atoms with Gasteiger partial charge in [0.25, 0.3) is 0 Å². The smallest absolute Gasteiger partial charge is 0.126 e. The maximum absolute atomic E-state index is 14.8. The van der Waals surface area contributed by atoms with Crippen LogP contribution in [0.25, 0.3) is 0 Å². The molecule has 5 nitrogen and oxygen atoms in total. The lowest BCUT2D eigenvalue weighted by atomic mass is 9.92. The van der Waals surface area contributed by atoms with Crippen molar-refractivity contribution in [3.63, 3.8) is 0 Å². The third kappa shape index (κ3) is 9.69. The molecule has 1 aliphatic rings. The molecule has 0 aliphatic carbocycles. The first-order valence-corrected chi connectivity index (χ1v) is 16.8. The van der Waals surface area contributed by atoms with Crippen LogP contribution in [0.1, 0.15) is 27.8 Å². The molecule has 0 N–H and O–H groups in total. The Morgan fingerprint density at radius 1 is 0.521 bits per heavy atom. The molecule has 48 heavy (non-hydrogen) atoms. The zero-order chi connectivity index (χ0) is 32.8. The summed E-state index contributed by atoms with van der Waals surface area (Å²) in [5.74, 6) is -0.191. The second-order valence-electron chi connectivity index (χ2n) is 12.3. The lowest BCUT2D eigenvalue weighted by Gasteiger charge is -2.48. The normalized spacial score (nSPS) is 19.7. The molecule has 0 bridgehead atoms. The molecular weight excluding hydrogens is 601 g/mol. The van der Waals surface area contributed by atoms with Crippen molar-refractivity contribution in [2.24, 2.45) is 0 Å². The summed E-state index contributed by atoms with van der Waals surface area (Å²) in [4.78, 5) is 2.35. The number of halogens is 1. The summed E-state index contributed by atoms with van der Waals surface area (Å²) in [5, 5.41) is 0. The van der Waals surface area contributed by atoms with Gasteiger partial charge in [-0.2, -0.15) is 0 Å². The third-order valence-corrected chi connectivity index (χ3v) is 8.86. The predicted molar refractivity (Wildman–Crippen MR) is 187 cm³/mol. The van der Waals surface area contributed by atoms with Crippen molar-refractivity contribution in [3.8, 4) is 0 Å². The van der Waals surface area contributed by atoms with Gasteiger partial charge < -0.3 is 18.9 Å². The third-order valence-electron chi connectivity index (χ3n) is 8.86. The Morgan fingerprint density at radius 2 is 0.979 bits per heavy atom. The minimum absolute atomic E-state index is 0.165. The summed E-state index contributed by atoms with van der Waals surface area (Å²) in [5.41, 5.74) is 5.04. The average Bonchev–Trinajstić information content (AvgIpc) is 3.14. The summed E-state index contributed by atoms with van der Waals surface area (Å²) in [6, 6.07) is 47.6. The van der Waals surface area contributed by atoms with Crippen LogP contribution in [0.15, 0.2) is 146 Å². The van der Waals surface area contributed by atoms with E-state index in [9.17, 15) is 4.39 Å². The molecule has 0 spiro atoms. The molecule has 1 heterocycles. The van der Waals surface area contributed by atoms with Crippen molar-refractivity contribution < 1.29 is 23.3 Å². The first-order chi connectivity index (χ1) is 23.7. The monoisotopic (exact) mass is 645 g/mol. The second-order valence-corrected chi connectivity index (χ2v) is 12.3. The Hall–Kier alpha value is -4.17. The van der Waals surface area contributed by atoms with Crippen LogP contribution < -0.4 is 0 Å². The zero-order valence-corrected chi connectivity index (χ0v) is 27.3. The molecular formula is C42H44FNO4. The molecule has 0 saturated carbocycles. The molecule has 5 aromatic rings. The minimum Gasteiger partial charge on any atom is -0.375 e. The molecule has 0 aromatic heterocycles. The fourth-order valence-electron chi connectivity index (χ4n) is 6.27. The predicted octanol–water partition coefficient (Wildman–Crippen LogP) is 8.03. The highest BCUT2D eigenvalue weighted by Gasteiger charge is 2.46. The number of benzene rings is 5. The van der Waals surface area contributed by atoms with Crippen LogP contribution in [0.3, 0.4) is 0 Å². The standard InChI is InChI=1S/C42H44FNO4/c43-38-24-14-13-23-37(38)25-26-44-27-40(46-29-34-17-7-2-8-18-34)42(48-31-36-21-11-4-12-22-36)41(47-30-35-19-9-3-10-20-35)39(44)32-45-28-33-15-5-1-6-16-33/h1-24,39-42H,25-32H2/t39-,40-,41+,42+/m0/s1. The minimum atomic E-state index is -0.389. The van der Waals surface area contributed by atoms with E-state index < -0.39 is 0 Å². The number of rotatable bonds is 16. The van der Waals surface area contributed by atoms with E-state index in [1.165, 1.54) is 6.07 Å².